The number of rotatable bonds is 10. The topological polar surface area (TPSA) is 127 Å². The molecule has 20 heavy (non-hydrogen) atoms. The van der Waals surface area contributed by atoms with Gasteiger partial charge in [0.25, 0.3) is 0 Å². The largest absolute Gasteiger partial charge is 0.462 e. The quantitative estimate of drug-likeness (QED) is 0.245. The summed E-state index contributed by atoms with van der Waals surface area (Å²) in [7, 11) is 0. The monoisotopic (exact) mass is 328 g/mol. The third kappa shape index (κ3) is 13.3. The Balaban J connectivity index is 3.69. The molecular formula is C10H16O8S2. The number of carbonyl (C=O) groups is 2. The predicted molar refractivity (Wildman–Crippen MR) is 71.6 cm³/mol. The molecule has 0 aliphatic carbocycles. The first kappa shape index (κ1) is 18.9. The Labute approximate surface area is 121 Å². The van der Waals surface area contributed by atoms with E-state index in [1.807, 2.05) is 0 Å². The highest BCUT2D eigenvalue weighted by Gasteiger charge is 2.02. The molecule has 0 aromatic heterocycles. The Morgan fingerprint density at radius 2 is 1.20 bits per heavy atom. The Hall–Kier alpha value is -1.10. The molecule has 2 N–H and O–H groups in total. The molecular weight excluding hydrogens is 312 g/mol. The lowest BCUT2D eigenvalue weighted by Gasteiger charge is -2.01. The Morgan fingerprint density at radius 3 is 1.50 bits per heavy atom. The summed E-state index contributed by atoms with van der Waals surface area (Å²) >= 11 is -3.85. The summed E-state index contributed by atoms with van der Waals surface area (Å²) in [6, 6.07) is 0. The van der Waals surface area contributed by atoms with Crippen LogP contribution in [0.4, 0.5) is 0 Å². The van der Waals surface area contributed by atoms with Gasteiger partial charge in [0.15, 0.2) is 22.2 Å². The normalized spacial score (nSPS) is 13.9. The van der Waals surface area contributed by atoms with E-state index in [9.17, 15) is 18.0 Å². The fourth-order valence-corrected chi connectivity index (χ4v) is 1.67. The molecule has 10 heteroatoms. The van der Waals surface area contributed by atoms with E-state index >= 15 is 0 Å². The number of hydrogen-bond donors (Lipinski definition) is 2. The maximum absolute atomic E-state index is 11.1. The highest BCUT2D eigenvalue weighted by atomic mass is 32.2. The summed E-state index contributed by atoms with van der Waals surface area (Å²) in [6.07, 6.45) is 2.24. The summed E-state index contributed by atoms with van der Waals surface area (Å²) in [5.74, 6) is -1.51. The lowest BCUT2D eigenvalue weighted by atomic mass is 10.5. The highest BCUT2D eigenvalue weighted by molar-refractivity contribution is 7.79. The second-order valence-electron chi connectivity index (χ2n) is 3.43. The molecule has 0 aromatic rings. The van der Waals surface area contributed by atoms with E-state index in [0.717, 1.165) is 12.2 Å². The van der Waals surface area contributed by atoms with Gasteiger partial charge < -0.3 is 18.6 Å². The molecule has 116 valence electrons. The Bertz CT molecular complexity index is 357. The van der Waals surface area contributed by atoms with Crippen molar-refractivity contribution in [3.8, 4) is 0 Å². The molecule has 0 bridgehead atoms. The fourth-order valence-electron chi connectivity index (χ4n) is 0.943. The Morgan fingerprint density at radius 1 is 0.850 bits per heavy atom. The zero-order valence-corrected chi connectivity index (χ0v) is 12.2. The van der Waals surface area contributed by atoms with Gasteiger partial charge in [-0.15, -0.1) is 0 Å². The minimum absolute atomic E-state index is 0.00522. The lowest BCUT2D eigenvalue weighted by molar-refractivity contribution is -0.140. The molecule has 0 aliphatic heterocycles. The molecule has 2 atom stereocenters. The summed E-state index contributed by atoms with van der Waals surface area (Å²) in [5.41, 5.74) is 0. The van der Waals surface area contributed by atoms with Crippen molar-refractivity contribution in [2.45, 2.75) is 12.8 Å². The number of hydrogen-bond acceptors (Lipinski definition) is 6. The van der Waals surface area contributed by atoms with Crippen molar-refractivity contribution in [3.05, 3.63) is 12.2 Å². The zero-order valence-electron chi connectivity index (χ0n) is 10.6. The van der Waals surface area contributed by atoms with Gasteiger partial charge in [-0.3, -0.25) is 0 Å². The highest BCUT2D eigenvalue weighted by Crippen LogP contribution is 1.91. The average molecular weight is 328 g/mol. The van der Waals surface area contributed by atoms with E-state index in [1.165, 1.54) is 0 Å². The molecule has 0 spiro atoms. The van der Waals surface area contributed by atoms with Gasteiger partial charge in [0.2, 0.25) is 0 Å². The summed E-state index contributed by atoms with van der Waals surface area (Å²) in [4.78, 5) is 22.2. The maximum Gasteiger partial charge on any atom is 0.331 e. The van der Waals surface area contributed by atoms with Crippen LogP contribution in [0, 0.1) is 0 Å². The fraction of sp³-hybridized carbons (Fsp3) is 0.600. The van der Waals surface area contributed by atoms with Gasteiger partial charge in [0, 0.05) is 12.2 Å². The van der Waals surface area contributed by atoms with Crippen molar-refractivity contribution in [2.24, 2.45) is 0 Å². The van der Waals surface area contributed by atoms with E-state index in [0.29, 0.717) is 0 Å². The van der Waals surface area contributed by atoms with Gasteiger partial charge in [-0.2, -0.15) is 0 Å². The molecule has 0 aromatic carbocycles. The molecule has 2 unspecified atom stereocenters. The smallest absolute Gasteiger partial charge is 0.331 e. The van der Waals surface area contributed by atoms with Crippen LogP contribution < -0.4 is 0 Å². The van der Waals surface area contributed by atoms with Crippen molar-refractivity contribution in [3.63, 3.8) is 0 Å². The Kier molecular flexibility index (Phi) is 11.1. The van der Waals surface area contributed by atoms with Crippen LogP contribution >= 0.6 is 0 Å². The van der Waals surface area contributed by atoms with Crippen molar-refractivity contribution in [1.82, 2.24) is 0 Å². The van der Waals surface area contributed by atoms with E-state index in [-0.39, 0.29) is 37.6 Å². The van der Waals surface area contributed by atoms with Gasteiger partial charge >= 0.3 is 11.9 Å². The maximum atomic E-state index is 11.1. The van der Waals surface area contributed by atoms with Crippen LogP contribution in [0.25, 0.3) is 0 Å². The van der Waals surface area contributed by atoms with Gasteiger partial charge in [0.1, 0.15) is 0 Å². The lowest BCUT2D eigenvalue weighted by Crippen LogP contribution is -2.08. The van der Waals surface area contributed by atoms with E-state index in [1.54, 1.807) is 0 Å². The van der Waals surface area contributed by atoms with Crippen molar-refractivity contribution >= 4 is 34.1 Å². The van der Waals surface area contributed by atoms with E-state index in [4.69, 9.17) is 9.11 Å². The SMILES string of the molecule is O=C(/C=C/C(=O)OCCCS(=O)O)OCCCS(=O)O. The summed E-state index contributed by atoms with van der Waals surface area (Å²) < 4.78 is 46.8. The van der Waals surface area contributed by atoms with Gasteiger partial charge in [-0.25, -0.2) is 18.0 Å². The first-order valence-electron chi connectivity index (χ1n) is 5.58. The molecule has 0 radical (unpaired) electrons. The van der Waals surface area contributed by atoms with E-state index < -0.39 is 34.1 Å². The van der Waals surface area contributed by atoms with Crippen LogP contribution in [-0.4, -0.2) is 54.2 Å². The predicted octanol–water partition coefficient (Wildman–Crippen LogP) is -0.147. The molecule has 0 saturated carbocycles. The average Bonchev–Trinajstić information content (AvgIpc) is 2.37. The minimum atomic E-state index is -1.92. The van der Waals surface area contributed by atoms with Crippen LogP contribution in [0.3, 0.4) is 0 Å². The molecule has 0 fully saturated rings. The standard InChI is InChI=1S/C10H16O8S2/c11-9(17-5-1-7-19(13)14)3-4-10(12)18-6-2-8-20(15)16/h3-4H,1-2,5-8H2,(H,13,14)(H,15,16)/b4-3+. The third-order valence-corrected chi connectivity index (χ3v) is 3.05. The van der Waals surface area contributed by atoms with Gasteiger partial charge in [-0.1, -0.05) is 0 Å². The van der Waals surface area contributed by atoms with Crippen LogP contribution in [-0.2, 0) is 41.2 Å². The third-order valence-electron chi connectivity index (χ3n) is 1.77. The molecule has 8 nitrogen and oxygen atoms in total. The molecule has 0 saturated heterocycles. The van der Waals surface area contributed by atoms with Gasteiger partial charge in [-0.05, 0) is 12.8 Å². The zero-order chi connectivity index (χ0) is 15.4. The van der Waals surface area contributed by atoms with Gasteiger partial charge in [0.05, 0.1) is 24.7 Å². The number of esters is 2. The summed E-state index contributed by atoms with van der Waals surface area (Å²) in [5, 5.41) is 0. The first-order chi connectivity index (χ1) is 9.41. The molecule has 0 rings (SSSR count). The van der Waals surface area contributed by atoms with Crippen LogP contribution in [0.15, 0.2) is 12.2 Å². The number of ether oxygens (including phenoxy) is 2. The molecule has 0 amide bonds. The van der Waals surface area contributed by atoms with Crippen LogP contribution in [0.1, 0.15) is 12.8 Å². The van der Waals surface area contributed by atoms with Crippen molar-refractivity contribution < 1.29 is 36.6 Å². The second-order valence-corrected chi connectivity index (χ2v) is 5.53. The van der Waals surface area contributed by atoms with Crippen molar-refractivity contribution in [2.75, 3.05) is 24.7 Å². The second kappa shape index (κ2) is 11.7. The van der Waals surface area contributed by atoms with Crippen LogP contribution in [0.5, 0.6) is 0 Å². The number of carbonyl (C=O) groups excluding carboxylic acids is 2. The first-order valence-corrected chi connectivity index (χ1v) is 8.13. The summed E-state index contributed by atoms with van der Waals surface area (Å²) in [6.45, 7) is -0.0420. The minimum Gasteiger partial charge on any atom is -0.462 e. The molecule has 0 heterocycles. The van der Waals surface area contributed by atoms with Crippen molar-refractivity contribution in [1.29, 1.82) is 0 Å². The molecule has 0 aliphatic rings. The van der Waals surface area contributed by atoms with Crippen LogP contribution in [0.2, 0.25) is 0 Å². The van der Waals surface area contributed by atoms with E-state index in [2.05, 4.69) is 9.47 Å².